The van der Waals surface area contributed by atoms with E-state index in [1.54, 1.807) is 0 Å². The van der Waals surface area contributed by atoms with Crippen molar-refractivity contribution < 1.29 is 18.7 Å². The third kappa shape index (κ3) is 6.07. The third-order valence-electron chi connectivity index (χ3n) is 5.72. The van der Waals surface area contributed by atoms with Crippen LogP contribution < -0.4 is 0 Å². The van der Waals surface area contributed by atoms with E-state index in [0.29, 0.717) is 29.1 Å². The van der Waals surface area contributed by atoms with Crippen molar-refractivity contribution in [2.45, 2.75) is 116 Å². The van der Waals surface area contributed by atoms with Gasteiger partial charge >= 0.3 is 5.97 Å². The van der Waals surface area contributed by atoms with Gasteiger partial charge in [0.1, 0.15) is 0 Å². The average molecular weight is 373 g/mol. The van der Waals surface area contributed by atoms with Gasteiger partial charge in [0.25, 0.3) is 0 Å². The lowest BCUT2D eigenvalue weighted by atomic mass is 10.1. The second-order valence-corrected chi connectivity index (χ2v) is 13.8. The molecule has 0 radical (unpaired) electrons. The molecule has 3 atom stereocenters. The fourth-order valence-electron chi connectivity index (χ4n) is 4.44. The Balaban J connectivity index is 2.85. The minimum Gasteiger partial charge on any atom is -0.469 e. The molecule has 0 aromatic rings. The lowest BCUT2D eigenvalue weighted by molar-refractivity contribution is -0.142. The van der Waals surface area contributed by atoms with Crippen LogP contribution in [0.1, 0.15) is 80.6 Å². The standard InChI is InChI=1S/C20H40O4Si/c1-9-10-11-18-19(23-18)12-17(13-20(21)22-8)24-25(14(2)3,15(4)5)16(6)7/h14-19H,9-13H2,1-8H3/t17-,18+,19+/m0/s1. The smallest absolute Gasteiger partial charge is 0.308 e. The van der Waals surface area contributed by atoms with Crippen molar-refractivity contribution in [1.29, 1.82) is 0 Å². The van der Waals surface area contributed by atoms with Crippen LogP contribution in [0.25, 0.3) is 0 Å². The summed E-state index contributed by atoms with van der Waals surface area (Å²) in [5.74, 6) is -0.185. The molecule has 1 fully saturated rings. The first kappa shape index (κ1) is 22.6. The number of epoxide rings is 1. The number of ether oxygens (including phenoxy) is 2. The van der Waals surface area contributed by atoms with E-state index < -0.39 is 8.32 Å². The molecule has 1 saturated heterocycles. The Morgan fingerprint density at radius 1 is 1.04 bits per heavy atom. The van der Waals surface area contributed by atoms with Gasteiger partial charge in [-0.05, 0) is 23.0 Å². The number of methoxy groups -OCH3 is 1. The zero-order chi connectivity index (χ0) is 19.2. The highest BCUT2D eigenvalue weighted by molar-refractivity contribution is 6.77. The van der Waals surface area contributed by atoms with Gasteiger partial charge in [-0.25, -0.2) is 0 Å². The fourth-order valence-corrected chi connectivity index (χ4v) is 10.0. The fraction of sp³-hybridized carbons (Fsp3) is 0.950. The molecule has 4 nitrogen and oxygen atoms in total. The minimum atomic E-state index is -2.02. The SMILES string of the molecule is CCCC[C@H]1O[C@@H]1C[C@@H](CC(=O)OC)O[Si](C(C)C)(C(C)C)C(C)C. The van der Waals surface area contributed by atoms with Gasteiger partial charge in [-0.3, -0.25) is 4.79 Å². The summed E-state index contributed by atoms with van der Waals surface area (Å²) < 4.78 is 17.6. The first-order chi connectivity index (χ1) is 11.7. The molecule has 25 heavy (non-hydrogen) atoms. The van der Waals surface area contributed by atoms with Crippen molar-refractivity contribution in [1.82, 2.24) is 0 Å². The van der Waals surface area contributed by atoms with Crippen molar-refractivity contribution in [2.24, 2.45) is 0 Å². The van der Waals surface area contributed by atoms with Gasteiger partial charge in [-0.15, -0.1) is 0 Å². The van der Waals surface area contributed by atoms with Gasteiger partial charge in [-0.1, -0.05) is 61.3 Å². The van der Waals surface area contributed by atoms with Crippen LogP contribution in [0, 0.1) is 0 Å². The van der Waals surface area contributed by atoms with E-state index in [4.69, 9.17) is 13.9 Å². The highest BCUT2D eigenvalue weighted by Gasteiger charge is 2.48. The first-order valence-corrected chi connectivity index (χ1v) is 12.2. The Kier molecular flexibility index (Phi) is 9.13. The monoisotopic (exact) mass is 372 g/mol. The summed E-state index contributed by atoms with van der Waals surface area (Å²) in [7, 11) is -0.567. The number of carbonyl (C=O) groups is 1. The Hall–Kier alpha value is -0.393. The van der Waals surface area contributed by atoms with E-state index in [1.807, 2.05) is 0 Å². The highest BCUT2D eigenvalue weighted by atomic mass is 28.4. The first-order valence-electron chi connectivity index (χ1n) is 10.1. The van der Waals surface area contributed by atoms with E-state index in [2.05, 4.69) is 48.5 Å². The summed E-state index contributed by atoms with van der Waals surface area (Å²) in [5, 5.41) is 0. The van der Waals surface area contributed by atoms with Crippen molar-refractivity contribution in [3.05, 3.63) is 0 Å². The molecule has 1 aliphatic rings. The van der Waals surface area contributed by atoms with E-state index in [0.717, 1.165) is 12.8 Å². The Morgan fingerprint density at radius 2 is 1.60 bits per heavy atom. The molecule has 1 heterocycles. The Labute approximate surface area is 156 Å². The Morgan fingerprint density at radius 3 is 2.04 bits per heavy atom. The summed E-state index contributed by atoms with van der Waals surface area (Å²) >= 11 is 0. The lowest BCUT2D eigenvalue weighted by Gasteiger charge is -2.44. The second-order valence-electron chi connectivity index (χ2n) is 8.43. The number of hydrogen-bond donors (Lipinski definition) is 0. The molecule has 0 bridgehead atoms. The van der Waals surface area contributed by atoms with Crippen LogP contribution in [0.3, 0.4) is 0 Å². The highest BCUT2D eigenvalue weighted by Crippen LogP contribution is 2.44. The topological polar surface area (TPSA) is 48.1 Å². The van der Waals surface area contributed by atoms with Crippen molar-refractivity contribution in [3.8, 4) is 0 Å². The minimum absolute atomic E-state index is 0.0945. The number of rotatable bonds is 12. The summed E-state index contributed by atoms with van der Waals surface area (Å²) in [6.07, 6.45) is 5.17. The molecular formula is C20H40O4Si. The lowest BCUT2D eigenvalue weighted by Crippen LogP contribution is -2.50. The number of hydrogen-bond acceptors (Lipinski definition) is 4. The predicted octanol–water partition coefficient (Wildman–Crippen LogP) is 5.46. The maximum absolute atomic E-state index is 11.9. The van der Waals surface area contributed by atoms with Crippen LogP contribution in [0.15, 0.2) is 0 Å². The quantitative estimate of drug-likeness (QED) is 0.259. The number of esters is 1. The molecule has 0 spiro atoms. The molecule has 0 saturated carbocycles. The van der Waals surface area contributed by atoms with Crippen LogP contribution >= 0.6 is 0 Å². The zero-order valence-corrected chi connectivity index (χ0v) is 18.6. The average Bonchev–Trinajstić information content (AvgIpc) is 3.26. The summed E-state index contributed by atoms with van der Waals surface area (Å²) in [6, 6.07) is 0. The molecule has 1 rings (SSSR count). The van der Waals surface area contributed by atoms with Gasteiger partial charge in [-0.2, -0.15) is 0 Å². The molecule has 0 N–H and O–H groups in total. The molecule has 0 unspecified atom stereocenters. The molecule has 148 valence electrons. The summed E-state index contributed by atoms with van der Waals surface area (Å²) in [4.78, 5) is 11.9. The van der Waals surface area contributed by atoms with Crippen LogP contribution in [0.4, 0.5) is 0 Å². The number of unbranched alkanes of at least 4 members (excludes halogenated alkanes) is 1. The van der Waals surface area contributed by atoms with Gasteiger partial charge in [0.05, 0.1) is 31.8 Å². The van der Waals surface area contributed by atoms with Crippen molar-refractivity contribution >= 4 is 14.3 Å². The zero-order valence-electron chi connectivity index (χ0n) is 17.6. The molecule has 0 amide bonds. The molecule has 0 aromatic carbocycles. The van der Waals surface area contributed by atoms with Crippen LogP contribution in [-0.2, 0) is 18.7 Å². The number of carbonyl (C=O) groups excluding carboxylic acids is 1. The molecule has 1 aliphatic heterocycles. The Bertz CT molecular complexity index is 387. The molecular weight excluding hydrogens is 332 g/mol. The van der Waals surface area contributed by atoms with E-state index in [-0.39, 0.29) is 18.2 Å². The summed E-state index contributed by atoms with van der Waals surface area (Å²) in [5.41, 5.74) is 1.51. The molecule has 0 aromatic heterocycles. The third-order valence-corrected chi connectivity index (χ3v) is 11.9. The molecule has 5 heteroatoms. The van der Waals surface area contributed by atoms with E-state index in [1.165, 1.54) is 20.0 Å². The molecule has 0 aliphatic carbocycles. The van der Waals surface area contributed by atoms with Gasteiger partial charge in [0.15, 0.2) is 0 Å². The largest absolute Gasteiger partial charge is 0.469 e. The predicted molar refractivity (Wildman–Crippen MR) is 105 cm³/mol. The summed E-state index contributed by atoms with van der Waals surface area (Å²) in [6.45, 7) is 15.9. The van der Waals surface area contributed by atoms with Gasteiger partial charge in [0.2, 0.25) is 8.32 Å². The van der Waals surface area contributed by atoms with Gasteiger partial charge in [0, 0.05) is 6.42 Å². The van der Waals surface area contributed by atoms with E-state index in [9.17, 15) is 4.79 Å². The van der Waals surface area contributed by atoms with Crippen LogP contribution in [-0.4, -0.2) is 39.7 Å². The van der Waals surface area contributed by atoms with Gasteiger partial charge < -0.3 is 13.9 Å². The maximum atomic E-state index is 11.9. The van der Waals surface area contributed by atoms with Crippen LogP contribution in [0.5, 0.6) is 0 Å². The maximum Gasteiger partial charge on any atom is 0.308 e. The van der Waals surface area contributed by atoms with E-state index >= 15 is 0 Å². The van der Waals surface area contributed by atoms with Crippen LogP contribution in [0.2, 0.25) is 16.6 Å². The van der Waals surface area contributed by atoms with Crippen molar-refractivity contribution in [3.63, 3.8) is 0 Å². The van der Waals surface area contributed by atoms with Crippen molar-refractivity contribution in [2.75, 3.05) is 7.11 Å². The second kappa shape index (κ2) is 10.1. The normalized spacial score (nSPS) is 21.9.